The number of aryl methyl sites for hydroxylation is 1. The summed E-state index contributed by atoms with van der Waals surface area (Å²) in [5.74, 6) is 0. The van der Waals surface area contributed by atoms with Crippen molar-refractivity contribution >= 4 is 39.0 Å². The summed E-state index contributed by atoms with van der Waals surface area (Å²) in [6.45, 7) is 6.18. The number of carbonyl (C=O) groups excluding carboxylic acids is 1. The molecule has 0 unspecified atom stereocenters. The van der Waals surface area contributed by atoms with E-state index >= 15 is 0 Å². The van der Waals surface area contributed by atoms with Crippen LogP contribution >= 0.6 is 22.7 Å². The fourth-order valence-corrected chi connectivity index (χ4v) is 3.13. The lowest BCUT2D eigenvalue weighted by molar-refractivity contribution is 0.259. The lowest BCUT2D eigenvalue weighted by Crippen LogP contribution is -2.18. The van der Waals surface area contributed by atoms with Crippen molar-refractivity contribution in [2.75, 3.05) is 17.2 Å². The first-order valence-electron chi connectivity index (χ1n) is 5.44. The smallest absolute Gasteiger partial charge is 0.318 e. The van der Waals surface area contributed by atoms with Crippen LogP contribution in [0.2, 0.25) is 0 Å². The second-order valence-corrected chi connectivity index (χ2v) is 5.49. The first kappa shape index (κ1) is 13.5. The van der Waals surface area contributed by atoms with Gasteiger partial charge in [-0.15, -0.1) is 17.9 Å². The fourth-order valence-electron chi connectivity index (χ4n) is 1.41. The van der Waals surface area contributed by atoms with Gasteiger partial charge in [0, 0.05) is 11.9 Å². The van der Waals surface area contributed by atoms with E-state index in [-0.39, 0.29) is 0 Å². The molecule has 2 aromatic heterocycles. The molecular formula is C11H13N5OS2. The number of thiazole rings is 2. The van der Waals surface area contributed by atoms with Crippen molar-refractivity contribution in [3.8, 4) is 10.6 Å². The molecule has 19 heavy (non-hydrogen) atoms. The molecular weight excluding hydrogens is 282 g/mol. The number of hydrogen-bond acceptors (Lipinski definition) is 6. The number of amides is 2. The topological polar surface area (TPSA) is 92.9 Å². The summed E-state index contributed by atoms with van der Waals surface area (Å²) in [6.07, 6.45) is 1.77. The van der Waals surface area contributed by atoms with Crippen LogP contribution in [-0.4, -0.2) is 22.5 Å². The molecule has 0 atom stereocenters. The van der Waals surface area contributed by atoms with Gasteiger partial charge >= 0.3 is 6.03 Å². The van der Waals surface area contributed by atoms with Crippen molar-refractivity contribution in [1.82, 2.24) is 9.97 Å². The highest BCUT2D eigenvalue weighted by molar-refractivity contribution is 7.19. The highest BCUT2D eigenvalue weighted by Gasteiger charge is 2.13. The van der Waals surface area contributed by atoms with Crippen molar-refractivity contribution in [3.63, 3.8) is 0 Å². The summed E-state index contributed by atoms with van der Waals surface area (Å²) in [5.41, 5.74) is 6.72. The maximum Gasteiger partial charge on any atom is 0.318 e. The van der Waals surface area contributed by atoms with Crippen molar-refractivity contribution in [3.05, 3.63) is 23.7 Å². The Hall–Kier alpha value is -1.93. The van der Waals surface area contributed by atoms with Crippen LogP contribution in [-0.2, 0) is 0 Å². The van der Waals surface area contributed by atoms with Crippen LogP contribution in [0.4, 0.5) is 15.1 Å². The quantitative estimate of drug-likeness (QED) is 0.739. The van der Waals surface area contributed by atoms with E-state index in [0.29, 0.717) is 11.7 Å². The number of anilines is 2. The summed E-state index contributed by atoms with van der Waals surface area (Å²) < 4.78 is 0. The molecule has 0 aliphatic heterocycles. The van der Waals surface area contributed by atoms with Crippen molar-refractivity contribution < 1.29 is 4.79 Å². The minimum Gasteiger partial charge on any atom is -0.358 e. The van der Waals surface area contributed by atoms with Crippen LogP contribution in [0.15, 0.2) is 18.0 Å². The molecule has 0 aliphatic rings. The maximum absolute atomic E-state index is 10.8. The predicted octanol–water partition coefficient (Wildman–Crippen LogP) is 2.66. The molecule has 4 N–H and O–H groups in total. The van der Waals surface area contributed by atoms with E-state index in [9.17, 15) is 4.79 Å². The zero-order chi connectivity index (χ0) is 13.8. The molecule has 0 bridgehead atoms. The molecule has 2 rings (SSSR count). The van der Waals surface area contributed by atoms with Gasteiger partial charge < -0.3 is 11.1 Å². The summed E-state index contributed by atoms with van der Waals surface area (Å²) in [5, 5.41) is 8.85. The van der Waals surface area contributed by atoms with Gasteiger partial charge in [0.25, 0.3) is 0 Å². The average Bonchev–Trinajstić information content (AvgIpc) is 2.92. The average molecular weight is 295 g/mol. The first-order valence-corrected chi connectivity index (χ1v) is 7.14. The molecule has 100 valence electrons. The monoisotopic (exact) mass is 295 g/mol. The SMILES string of the molecule is C=CCNc1nc(-c2sc(NC(N)=O)nc2C)cs1. The highest BCUT2D eigenvalue weighted by atomic mass is 32.1. The largest absolute Gasteiger partial charge is 0.358 e. The minimum absolute atomic E-state index is 0.480. The van der Waals surface area contributed by atoms with E-state index in [1.54, 1.807) is 6.08 Å². The maximum atomic E-state index is 10.8. The van der Waals surface area contributed by atoms with E-state index in [0.717, 1.165) is 21.4 Å². The van der Waals surface area contributed by atoms with E-state index in [1.807, 2.05) is 12.3 Å². The summed E-state index contributed by atoms with van der Waals surface area (Å²) >= 11 is 2.86. The fraction of sp³-hybridized carbons (Fsp3) is 0.182. The van der Waals surface area contributed by atoms with Crippen molar-refractivity contribution in [2.45, 2.75) is 6.92 Å². The number of rotatable bonds is 5. The Balaban J connectivity index is 2.21. The zero-order valence-corrected chi connectivity index (χ0v) is 11.9. The van der Waals surface area contributed by atoms with Gasteiger partial charge in [-0.3, -0.25) is 5.32 Å². The molecule has 2 amide bonds. The molecule has 8 heteroatoms. The van der Waals surface area contributed by atoms with Gasteiger partial charge in [0.1, 0.15) is 0 Å². The molecule has 2 heterocycles. The standard InChI is InChI=1S/C11H13N5OS2/c1-3-4-13-10-15-7(5-18-10)8-6(2)14-11(19-8)16-9(12)17/h3,5H,1,4H2,2H3,(H,13,15)(H3,12,14,16,17). The molecule has 0 aliphatic carbocycles. The second-order valence-electron chi connectivity index (χ2n) is 3.63. The van der Waals surface area contributed by atoms with Gasteiger partial charge in [-0.1, -0.05) is 17.4 Å². The number of hydrogen-bond donors (Lipinski definition) is 3. The van der Waals surface area contributed by atoms with Crippen LogP contribution in [0, 0.1) is 6.92 Å². The van der Waals surface area contributed by atoms with Gasteiger partial charge in [0.2, 0.25) is 0 Å². The van der Waals surface area contributed by atoms with Crippen LogP contribution in [0.25, 0.3) is 10.6 Å². The van der Waals surface area contributed by atoms with Crippen LogP contribution in [0.5, 0.6) is 0 Å². The third-order valence-electron chi connectivity index (χ3n) is 2.16. The number of carbonyl (C=O) groups is 1. The number of nitrogens with two attached hydrogens (primary N) is 1. The van der Waals surface area contributed by atoms with E-state index in [4.69, 9.17) is 5.73 Å². The molecule has 2 aromatic rings. The third-order valence-corrected chi connectivity index (χ3v) is 4.06. The predicted molar refractivity (Wildman–Crippen MR) is 79.9 cm³/mol. The normalized spacial score (nSPS) is 10.2. The van der Waals surface area contributed by atoms with E-state index in [1.165, 1.54) is 22.7 Å². The third kappa shape index (κ3) is 3.30. The Kier molecular flexibility index (Phi) is 4.13. The van der Waals surface area contributed by atoms with Crippen molar-refractivity contribution in [2.24, 2.45) is 5.73 Å². The summed E-state index contributed by atoms with van der Waals surface area (Å²) in [6, 6.07) is -0.619. The number of primary amides is 1. The minimum atomic E-state index is -0.619. The van der Waals surface area contributed by atoms with Gasteiger partial charge in [0.05, 0.1) is 16.3 Å². The Morgan fingerprint density at radius 3 is 3.00 bits per heavy atom. The van der Waals surface area contributed by atoms with Crippen LogP contribution < -0.4 is 16.4 Å². The molecule has 6 nitrogen and oxygen atoms in total. The number of nitrogens with one attached hydrogen (secondary N) is 2. The number of aromatic nitrogens is 2. The Bertz CT molecular complexity index is 604. The van der Waals surface area contributed by atoms with Gasteiger partial charge in [-0.2, -0.15) is 0 Å². The summed E-state index contributed by atoms with van der Waals surface area (Å²) in [7, 11) is 0. The molecule has 0 radical (unpaired) electrons. The van der Waals surface area contributed by atoms with Gasteiger partial charge in [-0.25, -0.2) is 14.8 Å². The lowest BCUT2D eigenvalue weighted by Gasteiger charge is -1.95. The molecule has 0 saturated carbocycles. The van der Waals surface area contributed by atoms with E-state index < -0.39 is 6.03 Å². The van der Waals surface area contributed by atoms with E-state index in [2.05, 4.69) is 27.2 Å². The zero-order valence-electron chi connectivity index (χ0n) is 10.3. The van der Waals surface area contributed by atoms with Gasteiger partial charge in [-0.05, 0) is 6.92 Å². The van der Waals surface area contributed by atoms with Crippen LogP contribution in [0.3, 0.4) is 0 Å². The molecule has 0 fully saturated rings. The number of nitrogens with zero attached hydrogens (tertiary/aromatic N) is 2. The van der Waals surface area contributed by atoms with Gasteiger partial charge in [0.15, 0.2) is 10.3 Å². The molecule has 0 aromatic carbocycles. The Labute approximate surface area is 118 Å². The summed E-state index contributed by atoms with van der Waals surface area (Å²) in [4.78, 5) is 20.4. The second kappa shape index (κ2) is 5.81. The first-order chi connectivity index (χ1) is 9.10. The highest BCUT2D eigenvalue weighted by Crippen LogP contribution is 2.34. The lowest BCUT2D eigenvalue weighted by atomic mass is 10.3. The molecule has 0 spiro atoms. The number of urea groups is 1. The molecule has 0 saturated heterocycles. The van der Waals surface area contributed by atoms with Crippen LogP contribution in [0.1, 0.15) is 5.69 Å². The Morgan fingerprint density at radius 2 is 2.32 bits per heavy atom. The Morgan fingerprint density at radius 1 is 1.53 bits per heavy atom. The van der Waals surface area contributed by atoms with Crippen molar-refractivity contribution in [1.29, 1.82) is 0 Å².